The average molecular weight is 250 g/mol. The molecule has 0 saturated carbocycles. The number of ether oxygens (including phenoxy) is 2. The number of pyridine rings is 1. The minimum atomic E-state index is -0.233. The number of hydrogen-bond acceptors (Lipinski definition) is 5. The van der Waals surface area contributed by atoms with Crippen molar-refractivity contribution in [1.29, 1.82) is 0 Å². The Hall–Kier alpha value is -1.78. The lowest BCUT2D eigenvalue weighted by molar-refractivity contribution is -0.142. The van der Waals surface area contributed by atoms with E-state index in [0.717, 1.165) is 31.6 Å². The Bertz CT molecular complexity index is 422. The summed E-state index contributed by atoms with van der Waals surface area (Å²) >= 11 is 0. The second-order valence-corrected chi connectivity index (χ2v) is 4.27. The Labute approximate surface area is 107 Å². The quantitative estimate of drug-likeness (QED) is 0.763. The summed E-state index contributed by atoms with van der Waals surface area (Å²) in [4.78, 5) is 18.2. The molecular weight excluding hydrogens is 232 g/mol. The largest absolute Gasteiger partial charge is 0.481 e. The molecule has 0 aromatic carbocycles. The van der Waals surface area contributed by atoms with Crippen LogP contribution in [-0.2, 0) is 9.53 Å². The molecule has 98 valence electrons. The molecule has 1 aromatic rings. The van der Waals surface area contributed by atoms with Gasteiger partial charge in [-0.05, 0) is 25.3 Å². The third kappa shape index (κ3) is 2.55. The lowest BCUT2D eigenvalue weighted by Crippen LogP contribution is -2.45. The van der Waals surface area contributed by atoms with Crippen molar-refractivity contribution < 1.29 is 14.3 Å². The van der Waals surface area contributed by atoms with E-state index in [1.807, 2.05) is 17.0 Å². The highest BCUT2D eigenvalue weighted by molar-refractivity contribution is 5.79. The third-order valence-electron chi connectivity index (χ3n) is 3.19. The summed E-state index contributed by atoms with van der Waals surface area (Å²) in [5, 5.41) is 0. The topological polar surface area (TPSA) is 51.7 Å². The van der Waals surface area contributed by atoms with Crippen molar-refractivity contribution in [2.75, 3.05) is 25.7 Å². The molecule has 0 amide bonds. The average Bonchev–Trinajstić information content (AvgIpc) is 2.46. The zero-order valence-corrected chi connectivity index (χ0v) is 10.8. The van der Waals surface area contributed by atoms with Gasteiger partial charge in [-0.1, -0.05) is 6.07 Å². The third-order valence-corrected chi connectivity index (χ3v) is 3.19. The van der Waals surface area contributed by atoms with Crippen LogP contribution in [0.3, 0.4) is 0 Å². The minimum absolute atomic E-state index is 0.195. The number of esters is 1. The molecule has 0 spiro atoms. The van der Waals surface area contributed by atoms with E-state index in [0.29, 0.717) is 5.88 Å². The standard InChI is InChI=1S/C13H18N2O3/c1-17-12-8-5-7-11(14-12)15-9-4-3-6-10(15)13(16)18-2/h5,7-8,10H,3-4,6,9H2,1-2H3. The number of aromatic nitrogens is 1. The first kappa shape index (κ1) is 12.7. The molecule has 1 fully saturated rings. The predicted molar refractivity (Wildman–Crippen MR) is 67.8 cm³/mol. The summed E-state index contributed by atoms with van der Waals surface area (Å²) in [6.07, 6.45) is 2.91. The predicted octanol–water partition coefficient (Wildman–Crippen LogP) is 1.62. The van der Waals surface area contributed by atoms with Gasteiger partial charge in [0.05, 0.1) is 14.2 Å². The van der Waals surface area contributed by atoms with Gasteiger partial charge in [0.25, 0.3) is 0 Å². The van der Waals surface area contributed by atoms with Gasteiger partial charge in [0.2, 0.25) is 5.88 Å². The van der Waals surface area contributed by atoms with E-state index < -0.39 is 0 Å². The van der Waals surface area contributed by atoms with Gasteiger partial charge < -0.3 is 14.4 Å². The van der Waals surface area contributed by atoms with Crippen LogP contribution in [0.1, 0.15) is 19.3 Å². The Balaban J connectivity index is 2.24. The van der Waals surface area contributed by atoms with Crippen LogP contribution in [0.2, 0.25) is 0 Å². The number of nitrogens with zero attached hydrogens (tertiary/aromatic N) is 2. The molecule has 2 rings (SSSR count). The van der Waals surface area contributed by atoms with Crippen molar-refractivity contribution >= 4 is 11.8 Å². The van der Waals surface area contributed by atoms with Crippen molar-refractivity contribution in [2.24, 2.45) is 0 Å². The van der Waals surface area contributed by atoms with Crippen LogP contribution >= 0.6 is 0 Å². The van der Waals surface area contributed by atoms with E-state index in [4.69, 9.17) is 9.47 Å². The van der Waals surface area contributed by atoms with Crippen LogP contribution in [0.15, 0.2) is 18.2 Å². The molecule has 1 unspecified atom stereocenters. The summed E-state index contributed by atoms with van der Waals surface area (Å²) in [6.45, 7) is 0.819. The molecule has 1 aliphatic heterocycles. The van der Waals surface area contributed by atoms with Gasteiger partial charge in [-0.3, -0.25) is 0 Å². The normalized spacial score (nSPS) is 19.4. The summed E-state index contributed by atoms with van der Waals surface area (Å²) in [6, 6.07) is 5.33. The monoisotopic (exact) mass is 250 g/mol. The van der Waals surface area contributed by atoms with Crippen molar-refractivity contribution in [2.45, 2.75) is 25.3 Å². The first-order chi connectivity index (χ1) is 8.76. The summed E-state index contributed by atoms with van der Waals surface area (Å²) in [7, 11) is 3.01. The summed E-state index contributed by atoms with van der Waals surface area (Å²) in [5.41, 5.74) is 0. The Morgan fingerprint density at radius 1 is 1.39 bits per heavy atom. The molecule has 2 heterocycles. The SMILES string of the molecule is COC(=O)C1CCCCN1c1cccc(OC)n1. The van der Waals surface area contributed by atoms with Crippen LogP contribution in [0.4, 0.5) is 5.82 Å². The molecule has 1 atom stereocenters. The molecule has 0 bridgehead atoms. The summed E-state index contributed by atoms with van der Waals surface area (Å²) < 4.78 is 9.97. The van der Waals surface area contributed by atoms with Gasteiger partial charge >= 0.3 is 5.97 Å². The van der Waals surface area contributed by atoms with Crippen LogP contribution in [0.25, 0.3) is 0 Å². The maximum atomic E-state index is 11.8. The van der Waals surface area contributed by atoms with Crippen molar-refractivity contribution in [3.63, 3.8) is 0 Å². The molecule has 0 N–H and O–H groups in total. The number of carbonyl (C=O) groups excluding carboxylic acids is 1. The fourth-order valence-corrected chi connectivity index (χ4v) is 2.26. The lowest BCUT2D eigenvalue weighted by Gasteiger charge is -2.34. The second kappa shape index (κ2) is 5.71. The number of carbonyl (C=O) groups is 1. The van der Waals surface area contributed by atoms with Gasteiger partial charge in [0.15, 0.2) is 0 Å². The number of hydrogen-bond donors (Lipinski definition) is 0. The smallest absolute Gasteiger partial charge is 0.328 e. The van der Waals surface area contributed by atoms with E-state index in [1.54, 1.807) is 13.2 Å². The molecule has 5 nitrogen and oxygen atoms in total. The number of rotatable bonds is 3. The second-order valence-electron chi connectivity index (χ2n) is 4.27. The van der Waals surface area contributed by atoms with E-state index >= 15 is 0 Å². The van der Waals surface area contributed by atoms with Gasteiger partial charge in [-0.2, -0.15) is 4.98 Å². The Kier molecular flexibility index (Phi) is 4.02. The molecule has 18 heavy (non-hydrogen) atoms. The molecule has 1 saturated heterocycles. The maximum Gasteiger partial charge on any atom is 0.328 e. The van der Waals surface area contributed by atoms with Crippen molar-refractivity contribution in [3.05, 3.63) is 18.2 Å². The van der Waals surface area contributed by atoms with E-state index in [2.05, 4.69) is 4.98 Å². The highest BCUT2D eigenvalue weighted by atomic mass is 16.5. The zero-order chi connectivity index (χ0) is 13.0. The van der Waals surface area contributed by atoms with Gasteiger partial charge in [-0.15, -0.1) is 0 Å². The first-order valence-corrected chi connectivity index (χ1v) is 6.12. The first-order valence-electron chi connectivity index (χ1n) is 6.12. The Morgan fingerprint density at radius 2 is 2.22 bits per heavy atom. The molecule has 1 aliphatic rings. The van der Waals surface area contributed by atoms with Gasteiger partial charge in [-0.25, -0.2) is 4.79 Å². The Morgan fingerprint density at radius 3 is 2.94 bits per heavy atom. The lowest BCUT2D eigenvalue weighted by atomic mass is 10.0. The van der Waals surface area contributed by atoms with Gasteiger partial charge in [0.1, 0.15) is 11.9 Å². The van der Waals surface area contributed by atoms with E-state index in [1.165, 1.54) is 7.11 Å². The molecule has 0 aliphatic carbocycles. The minimum Gasteiger partial charge on any atom is -0.481 e. The number of anilines is 1. The highest BCUT2D eigenvalue weighted by Gasteiger charge is 2.30. The van der Waals surface area contributed by atoms with Gasteiger partial charge in [0, 0.05) is 12.6 Å². The molecule has 1 aromatic heterocycles. The number of piperidine rings is 1. The fraction of sp³-hybridized carbons (Fsp3) is 0.538. The fourth-order valence-electron chi connectivity index (χ4n) is 2.26. The van der Waals surface area contributed by atoms with E-state index in [9.17, 15) is 4.79 Å². The molecular formula is C13H18N2O3. The highest BCUT2D eigenvalue weighted by Crippen LogP contribution is 2.25. The maximum absolute atomic E-state index is 11.8. The van der Waals surface area contributed by atoms with Crippen LogP contribution < -0.4 is 9.64 Å². The van der Waals surface area contributed by atoms with Crippen LogP contribution in [0, 0.1) is 0 Å². The summed E-state index contributed by atoms with van der Waals surface area (Å²) in [5.74, 6) is 1.13. The van der Waals surface area contributed by atoms with Crippen LogP contribution in [-0.4, -0.2) is 37.8 Å². The zero-order valence-electron chi connectivity index (χ0n) is 10.8. The molecule has 5 heteroatoms. The van der Waals surface area contributed by atoms with Crippen molar-refractivity contribution in [3.8, 4) is 5.88 Å². The molecule has 0 radical (unpaired) electrons. The van der Waals surface area contributed by atoms with Crippen molar-refractivity contribution in [1.82, 2.24) is 4.98 Å². The van der Waals surface area contributed by atoms with Crippen LogP contribution in [0.5, 0.6) is 5.88 Å². The van der Waals surface area contributed by atoms with E-state index in [-0.39, 0.29) is 12.0 Å². The number of methoxy groups -OCH3 is 2.